The topological polar surface area (TPSA) is 72.5 Å². The molecule has 0 fully saturated rings. The van der Waals surface area contributed by atoms with Gasteiger partial charge in [0.15, 0.2) is 0 Å². The molecule has 1 heterocycles. The summed E-state index contributed by atoms with van der Waals surface area (Å²) in [6, 6.07) is 15.2. The number of carbonyl (C=O) groups is 1. The van der Waals surface area contributed by atoms with E-state index >= 15 is 0 Å². The number of benzene rings is 2. The maximum absolute atomic E-state index is 12.4. The summed E-state index contributed by atoms with van der Waals surface area (Å²) >= 11 is 0. The number of pyridine rings is 1. The van der Waals surface area contributed by atoms with E-state index in [2.05, 4.69) is 35.5 Å². The molecule has 29 heavy (non-hydrogen) atoms. The molecule has 6 heteroatoms. The predicted octanol–water partition coefficient (Wildman–Crippen LogP) is 4.26. The highest BCUT2D eigenvalue weighted by atomic mass is 16.5. The first kappa shape index (κ1) is 20.2. The summed E-state index contributed by atoms with van der Waals surface area (Å²) in [5, 5.41) is 6.18. The fraction of sp³-hybridized carbons (Fsp3) is 0.217. The summed E-state index contributed by atoms with van der Waals surface area (Å²) in [6.45, 7) is 4.88. The van der Waals surface area contributed by atoms with Crippen LogP contribution in [-0.4, -0.2) is 31.2 Å². The van der Waals surface area contributed by atoms with Crippen LogP contribution in [0.2, 0.25) is 0 Å². The van der Waals surface area contributed by atoms with Gasteiger partial charge in [-0.2, -0.15) is 0 Å². The first-order valence-corrected chi connectivity index (χ1v) is 9.40. The molecule has 0 aliphatic heterocycles. The molecule has 0 radical (unpaired) electrons. The normalized spacial score (nSPS) is 10.3. The van der Waals surface area contributed by atoms with Crippen molar-refractivity contribution in [3.63, 3.8) is 0 Å². The van der Waals surface area contributed by atoms with Gasteiger partial charge < -0.3 is 20.1 Å². The standard InChI is InChI=1S/C23H25N3O3/c1-16-5-4-6-22(17(16)2)26-19-13-18(14-24-15-19)23(27)25-11-12-29-21-9-7-20(28-3)8-10-21/h4-10,13-15,26H,11-12H2,1-3H3,(H,25,27). The SMILES string of the molecule is COc1ccc(OCCNC(=O)c2cncc(Nc3cccc(C)c3C)c2)cc1. The van der Waals surface area contributed by atoms with E-state index in [9.17, 15) is 4.79 Å². The lowest BCUT2D eigenvalue weighted by Crippen LogP contribution is -2.28. The van der Waals surface area contributed by atoms with Crippen LogP contribution in [0, 0.1) is 13.8 Å². The van der Waals surface area contributed by atoms with E-state index in [1.54, 1.807) is 25.6 Å². The Morgan fingerprint density at radius 3 is 2.55 bits per heavy atom. The van der Waals surface area contributed by atoms with Gasteiger partial charge in [0.2, 0.25) is 0 Å². The monoisotopic (exact) mass is 391 g/mol. The van der Waals surface area contributed by atoms with Gasteiger partial charge in [0.1, 0.15) is 18.1 Å². The number of aryl methyl sites for hydroxylation is 1. The zero-order valence-corrected chi connectivity index (χ0v) is 16.9. The number of methoxy groups -OCH3 is 1. The van der Waals surface area contributed by atoms with Gasteiger partial charge in [-0.05, 0) is 61.4 Å². The smallest absolute Gasteiger partial charge is 0.253 e. The average Bonchev–Trinajstić information content (AvgIpc) is 2.75. The largest absolute Gasteiger partial charge is 0.497 e. The lowest BCUT2D eigenvalue weighted by Gasteiger charge is -2.12. The van der Waals surface area contributed by atoms with E-state index < -0.39 is 0 Å². The highest BCUT2D eigenvalue weighted by Gasteiger charge is 2.08. The minimum Gasteiger partial charge on any atom is -0.497 e. The van der Waals surface area contributed by atoms with E-state index in [1.165, 1.54) is 5.56 Å². The zero-order chi connectivity index (χ0) is 20.6. The first-order valence-electron chi connectivity index (χ1n) is 9.40. The molecule has 2 N–H and O–H groups in total. The number of nitrogens with zero attached hydrogens (tertiary/aromatic N) is 1. The summed E-state index contributed by atoms with van der Waals surface area (Å²) in [7, 11) is 1.62. The molecule has 3 aromatic rings. The van der Waals surface area contributed by atoms with Crippen molar-refractivity contribution in [2.45, 2.75) is 13.8 Å². The number of carbonyl (C=O) groups excluding carboxylic acids is 1. The van der Waals surface area contributed by atoms with Crippen LogP contribution in [0.3, 0.4) is 0 Å². The number of aromatic nitrogens is 1. The van der Waals surface area contributed by atoms with Crippen molar-refractivity contribution in [1.82, 2.24) is 10.3 Å². The minimum atomic E-state index is -0.194. The highest BCUT2D eigenvalue weighted by Crippen LogP contribution is 2.23. The Hall–Kier alpha value is -3.54. The van der Waals surface area contributed by atoms with Gasteiger partial charge in [0, 0.05) is 11.9 Å². The van der Waals surface area contributed by atoms with Crippen LogP contribution in [0.4, 0.5) is 11.4 Å². The zero-order valence-electron chi connectivity index (χ0n) is 16.9. The minimum absolute atomic E-state index is 0.194. The van der Waals surface area contributed by atoms with Crippen molar-refractivity contribution in [1.29, 1.82) is 0 Å². The van der Waals surface area contributed by atoms with Gasteiger partial charge in [-0.3, -0.25) is 9.78 Å². The summed E-state index contributed by atoms with van der Waals surface area (Å²) in [5.41, 5.74) is 4.62. The molecule has 0 unspecified atom stereocenters. The fourth-order valence-electron chi connectivity index (χ4n) is 2.78. The number of amides is 1. The summed E-state index contributed by atoms with van der Waals surface area (Å²) in [5.74, 6) is 1.30. The van der Waals surface area contributed by atoms with E-state index in [0.29, 0.717) is 18.7 Å². The number of ether oxygens (including phenoxy) is 2. The van der Waals surface area contributed by atoms with Crippen molar-refractivity contribution >= 4 is 17.3 Å². The number of hydrogen-bond acceptors (Lipinski definition) is 5. The third kappa shape index (κ3) is 5.48. The van der Waals surface area contributed by atoms with E-state index in [-0.39, 0.29) is 5.91 Å². The molecule has 0 saturated carbocycles. The van der Waals surface area contributed by atoms with E-state index in [4.69, 9.17) is 9.47 Å². The highest BCUT2D eigenvalue weighted by molar-refractivity contribution is 5.94. The molecular formula is C23H25N3O3. The molecule has 0 saturated heterocycles. The Morgan fingerprint density at radius 1 is 1.03 bits per heavy atom. The van der Waals surface area contributed by atoms with Crippen LogP contribution in [0.5, 0.6) is 11.5 Å². The van der Waals surface area contributed by atoms with Crippen LogP contribution < -0.4 is 20.1 Å². The lowest BCUT2D eigenvalue weighted by molar-refractivity contribution is 0.0946. The Bertz CT molecular complexity index is 971. The number of anilines is 2. The third-order valence-electron chi connectivity index (χ3n) is 4.60. The number of nitrogens with one attached hydrogen (secondary N) is 2. The molecule has 1 aromatic heterocycles. The summed E-state index contributed by atoms with van der Waals surface area (Å²) in [6.07, 6.45) is 3.25. The van der Waals surface area contributed by atoms with Crippen molar-refractivity contribution < 1.29 is 14.3 Å². The van der Waals surface area contributed by atoms with Crippen LogP contribution in [0.25, 0.3) is 0 Å². The molecular weight excluding hydrogens is 366 g/mol. The molecule has 0 aliphatic rings. The second-order valence-electron chi connectivity index (χ2n) is 6.61. The predicted molar refractivity (Wildman–Crippen MR) is 114 cm³/mol. The van der Waals surface area contributed by atoms with Gasteiger partial charge in [0.25, 0.3) is 5.91 Å². The van der Waals surface area contributed by atoms with Gasteiger partial charge in [-0.1, -0.05) is 12.1 Å². The molecule has 0 bridgehead atoms. The van der Waals surface area contributed by atoms with Crippen LogP contribution in [-0.2, 0) is 0 Å². The first-order chi connectivity index (χ1) is 14.1. The third-order valence-corrected chi connectivity index (χ3v) is 4.60. The average molecular weight is 391 g/mol. The van der Waals surface area contributed by atoms with Gasteiger partial charge in [0.05, 0.1) is 31.1 Å². The summed E-state index contributed by atoms with van der Waals surface area (Å²) in [4.78, 5) is 16.6. The molecule has 0 aliphatic carbocycles. The molecule has 2 aromatic carbocycles. The maximum atomic E-state index is 12.4. The molecule has 1 amide bonds. The summed E-state index contributed by atoms with van der Waals surface area (Å²) < 4.78 is 10.7. The second kappa shape index (κ2) is 9.59. The quantitative estimate of drug-likeness (QED) is 0.562. The Kier molecular flexibility index (Phi) is 6.68. The van der Waals surface area contributed by atoms with Crippen molar-refractivity contribution in [3.05, 3.63) is 77.6 Å². The van der Waals surface area contributed by atoms with Crippen molar-refractivity contribution in [3.8, 4) is 11.5 Å². The maximum Gasteiger partial charge on any atom is 0.253 e. The molecule has 0 atom stereocenters. The Balaban J connectivity index is 1.53. The molecule has 6 nitrogen and oxygen atoms in total. The Labute approximate surface area is 170 Å². The molecule has 0 spiro atoms. The van der Waals surface area contributed by atoms with Crippen LogP contribution in [0.15, 0.2) is 60.9 Å². The van der Waals surface area contributed by atoms with Crippen LogP contribution in [0.1, 0.15) is 21.5 Å². The lowest BCUT2D eigenvalue weighted by atomic mass is 10.1. The van der Waals surface area contributed by atoms with Crippen molar-refractivity contribution in [2.24, 2.45) is 0 Å². The molecule has 3 rings (SSSR count). The Morgan fingerprint density at radius 2 is 1.79 bits per heavy atom. The van der Waals surface area contributed by atoms with Gasteiger partial charge in [-0.15, -0.1) is 0 Å². The van der Waals surface area contributed by atoms with Gasteiger partial charge in [-0.25, -0.2) is 0 Å². The number of hydrogen-bond donors (Lipinski definition) is 2. The second-order valence-corrected chi connectivity index (χ2v) is 6.61. The van der Waals surface area contributed by atoms with Gasteiger partial charge >= 0.3 is 0 Å². The van der Waals surface area contributed by atoms with E-state index in [1.807, 2.05) is 36.4 Å². The molecule has 150 valence electrons. The van der Waals surface area contributed by atoms with E-state index in [0.717, 1.165) is 28.4 Å². The van der Waals surface area contributed by atoms with Crippen molar-refractivity contribution in [2.75, 3.05) is 25.6 Å². The number of rotatable bonds is 8. The van der Waals surface area contributed by atoms with Crippen LogP contribution >= 0.6 is 0 Å². The fourth-order valence-corrected chi connectivity index (χ4v) is 2.78.